The van der Waals surface area contributed by atoms with Crippen LogP contribution in [0.1, 0.15) is 18.4 Å². The second-order valence-electron chi connectivity index (χ2n) is 4.84. The van der Waals surface area contributed by atoms with Crippen LogP contribution in [0.4, 0.5) is 0 Å². The summed E-state index contributed by atoms with van der Waals surface area (Å²) in [6.07, 6.45) is 3.10. The highest BCUT2D eigenvalue weighted by atomic mass is 35.5. The van der Waals surface area contributed by atoms with Gasteiger partial charge in [0.2, 0.25) is 0 Å². The third-order valence-electron chi connectivity index (χ3n) is 3.57. The van der Waals surface area contributed by atoms with E-state index in [1.165, 1.54) is 12.5 Å². The average Bonchev–Trinajstić information content (AvgIpc) is 2.44. The second kappa shape index (κ2) is 6.35. The van der Waals surface area contributed by atoms with E-state index < -0.39 is 0 Å². The first kappa shape index (κ1) is 14.3. The van der Waals surface area contributed by atoms with E-state index in [0.29, 0.717) is 22.4 Å². The molecule has 0 radical (unpaired) electrons. The van der Waals surface area contributed by atoms with Crippen molar-refractivity contribution in [3.63, 3.8) is 0 Å². The molecule has 1 atom stereocenters. The van der Waals surface area contributed by atoms with E-state index >= 15 is 0 Å². The van der Waals surface area contributed by atoms with Gasteiger partial charge in [0.1, 0.15) is 5.75 Å². The van der Waals surface area contributed by atoms with Crippen molar-refractivity contribution in [2.75, 3.05) is 27.3 Å². The van der Waals surface area contributed by atoms with E-state index in [0.717, 1.165) is 31.5 Å². The van der Waals surface area contributed by atoms with Crippen LogP contribution in [0.2, 0.25) is 5.02 Å². The number of benzene rings is 1. The van der Waals surface area contributed by atoms with Crippen molar-refractivity contribution in [1.29, 1.82) is 0 Å². The molecule has 0 bridgehead atoms. The summed E-state index contributed by atoms with van der Waals surface area (Å²) in [6.45, 7) is 2.04. The van der Waals surface area contributed by atoms with Crippen molar-refractivity contribution < 1.29 is 14.6 Å². The zero-order valence-electron chi connectivity index (χ0n) is 11.3. The molecule has 0 saturated carbocycles. The van der Waals surface area contributed by atoms with Gasteiger partial charge in [0.25, 0.3) is 0 Å². The van der Waals surface area contributed by atoms with E-state index in [1.807, 2.05) is 0 Å². The maximum absolute atomic E-state index is 9.88. The van der Waals surface area contributed by atoms with Gasteiger partial charge in [-0.05, 0) is 38.3 Å². The molecule has 1 fully saturated rings. The number of halogens is 1. The van der Waals surface area contributed by atoms with Gasteiger partial charge in [-0.3, -0.25) is 0 Å². The topological polar surface area (TPSA) is 50.7 Å². The predicted octanol–water partition coefficient (Wildman–Crippen LogP) is 2.60. The average molecular weight is 286 g/mol. The van der Waals surface area contributed by atoms with Crippen molar-refractivity contribution in [3.8, 4) is 17.2 Å². The quantitative estimate of drug-likeness (QED) is 0.893. The van der Waals surface area contributed by atoms with Crippen LogP contribution in [0.3, 0.4) is 0 Å². The fraction of sp³-hybridized carbons (Fsp3) is 0.571. The van der Waals surface area contributed by atoms with Crippen LogP contribution in [-0.4, -0.2) is 32.4 Å². The van der Waals surface area contributed by atoms with Gasteiger partial charge in [-0.1, -0.05) is 11.6 Å². The Morgan fingerprint density at radius 1 is 1.42 bits per heavy atom. The molecule has 0 amide bonds. The smallest absolute Gasteiger partial charge is 0.165 e. The summed E-state index contributed by atoms with van der Waals surface area (Å²) >= 11 is 6.22. The lowest BCUT2D eigenvalue weighted by atomic mass is 9.91. The van der Waals surface area contributed by atoms with Crippen LogP contribution in [0.15, 0.2) is 6.07 Å². The minimum Gasteiger partial charge on any atom is -0.506 e. The van der Waals surface area contributed by atoms with Gasteiger partial charge in [0.05, 0.1) is 19.2 Å². The molecule has 0 aromatic heterocycles. The van der Waals surface area contributed by atoms with Gasteiger partial charge < -0.3 is 19.9 Å². The molecule has 0 aliphatic carbocycles. The van der Waals surface area contributed by atoms with Gasteiger partial charge in [-0.25, -0.2) is 0 Å². The fourth-order valence-electron chi connectivity index (χ4n) is 2.60. The number of piperidine rings is 1. The number of hydrogen-bond donors (Lipinski definition) is 2. The van der Waals surface area contributed by atoms with E-state index in [-0.39, 0.29) is 5.75 Å². The Balaban J connectivity index is 2.33. The number of rotatable bonds is 4. The Kier molecular flexibility index (Phi) is 4.77. The first-order valence-electron chi connectivity index (χ1n) is 6.50. The Bertz CT molecular complexity index is 445. The Labute approximate surface area is 118 Å². The van der Waals surface area contributed by atoms with Crippen molar-refractivity contribution in [2.45, 2.75) is 19.3 Å². The first-order chi connectivity index (χ1) is 9.17. The number of phenols is 1. The highest BCUT2D eigenvalue weighted by Crippen LogP contribution is 2.43. The molecule has 1 saturated heterocycles. The monoisotopic (exact) mass is 285 g/mol. The minimum atomic E-state index is 0.0399. The van der Waals surface area contributed by atoms with Gasteiger partial charge >= 0.3 is 0 Å². The molecule has 1 aliphatic rings. The molecule has 106 valence electrons. The summed E-state index contributed by atoms with van der Waals surface area (Å²) in [5.41, 5.74) is 0.828. The van der Waals surface area contributed by atoms with Gasteiger partial charge in [-0.2, -0.15) is 0 Å². The second-order valence-corrected chi connectivity index (χ2v) is 5.22. The molecular formula is C14H20ClNO3. The molecule has 0 spiro atoms. The van der Waals surface area contributed by atoms with E-state index in [2.05, 4.69) is 5.32 Å². The summed E-state index contributed by atoms with van der Waals surface area (Å²) in [6, 6.07) is 1.49. The summed E-state index contributed by atoms with van der Waals surface area (Å²) < 4.78 is 10.6. The molecule has 4 nitrogen and oxygen atoms in total. The lowest BCUT2D eigenvalue weighted by Gasteiger charge is -2.24. The summed E-state index contributed by atoms with van der Waals surface area (Å²) in [5.74, 6) is 1.68. The lowest BCUT2D eigenvalue weighted by molar-refractivity contribution is 0.337. The lowest BCUT2D eigenvalue weighted by Crippen LogP contribution is -2.31. The SMILES string of the molecule is COc1cc(O)c(Cl)c(CC2CCCNC2)c1OC. The summed E-state index contributed by atoms with van der Waals surface area (Å²) in [5, 5.41) is 13.6. The number of ether oxygens (including phenoxy) is 2. The molecule has 1 unspecified atom stereocenters. The first-order valence-corrected chi connectivity index (χ1v) is 6.88. The van der Waals surface area contributed by atoms with Crippen LogP contribution < -0.4 is 14.8 Å². The highest BCUT2D eigenvalue weighted by Gasteiger charge is 2.22. The molecule has 1 aromatic carbocycles. The number of nitrogens with one attached hydrogen (secondary N) is 1. The van der Waals surface area contributed by atoms with Crippen LogP contribution in [-0.2, 0) is 6.42 Å². The third-order valence-corrected chi connectivity index (χ3v) is 3.99. The standard InChI is InChI=1S/C14H20ClNO3/c1-18-12-7-11(17)13(15)10(14(12)19-2)6-9-4-3-5-16-8-9/h7,9,16-17H,3-6,8H2,1-2H3. The van der Waals surface area contributed by atoms with Gasteiger partial charge in [0.15, 0.2) is 11.5 Å². The Morgan fingerprint density at radius 3 is 2.79 bits per heavy atom. The normalized spacial score (nSPS) is 19.2. The van der Waals surface area contributed by atoms with Crippen molar-refractivity contribution in [1.82, 2.24) is 5.32 Å². The minimum absolute atomic E-state index is 0.0399. The van der Waals surface area contributed by atoms with Crippen LogP contribution in [0.25, 0.3) is 0 Å². The van der Waals surface area contributed by atoms with Gasteiger partial charge in [-0.15, -0.1) is 0 Å². The van der Waals surface area contributed by atoms with Crippen LogP contribution >= 0.6 is 11.6 Å². The Morgan fingerprint density at radius 2 is 2.21 bits per heavy atom. The molecule has 5 heteroatoms. The zero-order valence-corrected chi connectivity index (χ0v) is 12.1. The maximum Gasteiger partial charge on any atom is 0.165 e. The van der Waals surface area contributed by atoms with Crippen molar-refractivity contribution >= 4 is 11.6 Å². The van der Waals surface area contributed by atoms with E-state index in [1.54, 1.807) is 14.2 Å². The van der Waals surface area contributed by atoms with Crippen molar-refractivity contribution in [2.24, 2.45) is 5.92 Å². The van der Waals surface area contributed by atoms with E-state index in [4.69, 9.17) is 21.1 Å². The molecule has 19 heavy (non-hydrogen) atoms. The zero-order chi connectivity index (χ0) is 13.8. The molecule has 2 N–H and O–H groups in total. The molecular weight excluding hydrogens is 266 g/mol. The number of aromatic hydroxyl groups is 1. The highest BCUT2D eigenvalue weighted by molar-refractivity contribution is 6.33. The summed E-state index contributed by atoms with van der Waals surface area (Å²) in [7, 11) is 3.14. The maximum atomic E-state index is 9.88. The number of phenolic OH excluding ortho intramolecular Hbond substituents is 1. The summed E-state index contributed by atoms with van der Waals surface area (Å²) in [4.78, 5) is 0. The number of hydrogen-bond acceptors (Lipinski definition) is 4. The molecule has 1 aliphatic heterocycles. The number of methoxy groups -OCH3 is 2. The molecule has 1 heterocycles. The van der Waals surface area contributed by atoms with Crippen LogP contribution in [0.5, 0.6) is 17.2 Å². The molecule has 2 rings (SSSR count). The third kappa shape index (κ3) is 3.07. The fourth-order valence-corrected chi connectivity index (χ4v) is 2.82. The molecule has 1 aromatic rings. The predicted molar refractivity (Wildman–Crippen MR) is 75.5 cm³/mol. The Hall–Kier alpha value is -1.13. The largest absolute Gasteiger partial charge is 0.506 e. The van der Waals surface area contributed by atoms with Crippen molar-refractivity contribution in [3.05, 3.63) is 16.7 Å². The van der Waals surface area contributed by atoms with Crippen LogP contribution in [0, 0.1) is 5.92 Å². The van der Waals surface area contributed by atoms with Gasteiger partial charge in [0, 0.05) is 11.6 Å². The van der Waals surface area contributed by atoms with E-state index in [9.17, 15) is 5.11 Å².